The van der Waals surface area contributed by atoms with E-state index in [9.17, 15) is 9.59 Å². The summed E-state index contributed by atoms with van der Waals surface area (Å²) < 4.78 is 7.21. The summed E-state index contributed by atoms with van der Waals surface area (Å²) in [6, 6.07) is 17.3. The third-order valence-corrected chi connectivity index (χ3v) is 6.67. The summed E-state index contributed by atoms with van der Waals surface area (Å²) in [5.41, 5.74) is 4.97. The molecule has 3 amide bonds. The number of urea groups is 1. The Morgan fingerprint density at radius 3 is 2.26 bits per heavy atom. The van der Waals surface area contributed by atoms with Crippen molar-refractivity contribution >= 4 is 29.2 Å². The lowest BCUT2D eigenvalue weighted by Gasteiger charge is -2.33. The molecule has 2 heterocycles. The van der Waals surface area contributed by atoms with Crippen LogP contribution in [0.15, 0.2) is 61.2 Å². The van der Waals surface area contributed by atoms with Crippen LogP contribution in [-0.2, 0) is 11.2 Å². The van der Waals surface area contributed by atoms with Gasteiger partial charge in [0.05, 0.1) is 11.4 Å². The summed E-state index contributed by atoms with van der Waals surface area (Å²) in [6.45, 7) is 15.0. The number of piperidine rings is 1. The Labute approximate surface area is 231 Å². The largest absolute Gasteiger partial charge is 0.444 e. The number of hydrogen-bond acceptors (Lipinski definition) is 4. The fourth-order valence-electron chi connectivity index (χ4n) is 4.54. The molecular weight excluding hydrogens is 490 g/mol. The van der Waals surface area contributed by atoms with Crippen molar-refractivity contribution in [3.8, 4) is 5.69 Å². The van der Waals surface area contributed by atoms with Gasteiger partial charge >= 0.3 is 12.1 Å². The second-order valence-corrected chi connectivity index (χ2v) is 11.3. The van der Waals surface area contributed by atoms with E-state index < -0.39 is 5.60 Å². The van der Waals surface area contributed by atoms with Crippen molar-refractivity contribution in [3.63, 3.8) is 0 Å². The minimum absolute atomic E-state index is 0.229. The molecule has 8 heteroatoms. The standard InChI is InChI=1S/C31H39N5O3/c1-21(2)27-20-28(36(34-27)26-13-7-22(3)8-14-26)33-29(37)32-25-11-9-23(10-12-25)19-24-15-17-35(18-16-24)30(38)39-31(4,5)6/h7-14,20,24H,1,15-19H2,2-6H3,(H2,32,33,37). The Bertz CT molecular complexity index is 1310. The maximum absolute atomic E-state index is 12.8. The van der Waals surface area contributed by atoms with E-state index in [2.05, 4.69) is 22.3 Å². The summed E-state index contributed by atoms with van der Waals surface area (Å²) in [4.78, 5) is 27.0. The number of benzene rings is 2. The molecule has 1 fully saturated rings. The van der Waals surface area contributed by atoms with Gasteiger partial charge in [-0.2, -0.15) is 5.10 Å². The van der Waals surface area contributed by atoms with E-state index in [-0.39, 0.29) is 12.1 Å². The second kappa shape index (κ2) is 11.8. The zero-order valence-corrected chi connectivity index (χ0v) is 23.6. The third kappa shape index (κ3) is 7.72. The van der Waals surface area contributed by atoms with E-state index in [1.165, 1.54) is 5.56 Å². The van der Waals surface area contributed by atoms with E-state index in [0.29, 0.717) is 36.2 Å². The van der Waals surface area contributed by atoms with Crippen molar-refractivity contribution in [1.29, 1.82) is 0 Å². The number of rotatable bonds is 6. The quantitative estimate of drug-likeness (QED) is 0.358. The fourth-order valence-corrected chi connectivity index (χ4v) is 4.54. The number of likely N-dealkylation sites (tertiary alicyclic amines) is 1. The molecule has 206 valence electrons. The number of nitrogens with one attached hydrogen (secondary N) is 2. The Kier molecular flexibility index (Phi) is 8.43. The Hall–Kier alpha value is -4.07. The van der Waals surface area contributed by atoms with Gasteiger partial charge in [-0.15, -0.1) is 0 Å². The lowest BCUT2D eigenvalue weighted by molar-refractivity contribution is 0.0184. The average molecular weight is 530 g/mol. The number of aromatic nitrogens is 2. The van der Waals surface area contributed by atoms with Gasteiger partial charge in [-0.1, -0.05) is 36.4 Å². The molecule has 0 saturated carbocycles. The Morgan fingerprint density at radius 1 is 1.03 bits per heavy atom. The number of nitrogens with zero attached hydrogens (tertiary/aromatic N) is 3. The van der Waals surface area contributed by atoms with Gasteiger partial charge in [0.2, 0.25) is 0 Å². The number of carbonyl (C=O) groups excluding carboxylic acids is 2. The summed E-state index contributed by atoms with van der Waals surface area (Å²) in [6.07, 6.45) is 2.60. The molecule has 1 saturated heterocycles. The molecule has 39 heavy (non-hydrogen) atoms. The SMILES string of the molecule is C=C(C)c1cc(NC(=O)Nc2ccc(CC3CCN(C(=O)OC(C)(C)C)CC3)cc2)n(-c2ccc(C)cc2)n1. The van der Waals surface area contributed by atoms with Crippen LogP contribution >= 0.6 is 0 Å². The van der Waals surface area contributed by atoms with E-state index >= 15 is 0 Å². The van der Waals surface area contributed by atoms with Gasteiger partial charge in [-0.3, -0.25) is 5.32 Å². The molecule has 1 aromatic heterocycles. The van der Waals surface area contributed by atoms with E-state index in [4.69, 9.17) is 4.74 Å². The van der Waals surface area contributed by atoms with Gasteiger partial charge in [0.1, 0.15) is 11.4 Å². The molecule has 0 unspecified atom stereocenters. The topological polar surface area (TPSA) is 88.5 Å². The average Bonchev–Trinajstić information content (AvgIpc) is 3.29. The van der Waals surface area contributed by atoms with E-state index in [1.54, 1.807) is 9.58 Å². The lowest BCUT2D eigenvalue weighted by Crippen LogP contribution is -2.42. The van der Waals surface area contributed by atoms with E-state index in [1.807, 2.05) is 89.2 Å². The van der Waals surface area contributed by atoms with Crippen LogP contribution in [0.1, 0.15) is 57.4 Å². The number of aryl methyl sites for hydroxylation is 1. The Morgan fingerprint density at radius 2 is 1.67 bits per heavy atom. The van der Waals surface area contributed by atoms with Crippen molar-refractivity contribution in [2.75, 3.05) is 23.7 Å². The van der Waals surface area contributed by atoms with Crippen molar-refractivity contribution in [3.05, 3.63) is 78.0 Å². The molecule has 4 rings (SSSR count). The predicted octanol–water partition coefficient (Wildman–Crippen LogP) is 7.05. The zero-order chi connectivity index (χ0) is 28.2. The molecule has 0 aliphatic carbocycles. The summed E-state index contributed by atoms with van der Waals surface area (Å²) in [7, 11) is 0. The molecule has 0 radical (unpaired) electrons. The summed E-state index contributed by atoms with van der Waals surface area (Å²) >= 11 is 0. The number of ether oxygens (including phenoxy) is 1. The molecular formula is C31H39N5O3. The first-order chi connectivity index (χ1) is 18.5. The molecule has 2 aromatic carbocycles. The molecule has 1 aliphatic heterocycles. The van der Waals surface area contributed by atoms with Crippen LogP contribution in [0.2, 0.25) is 0 Å². The minimum atomic E-state index is -0.476. The number of amides is 3. The van der Waals surface area contributed by atoms with Crippen molar-refractivity contribution in [2.45, 2.75) is 59.5 Å². The van der Waals surface area contributed by atoms with E-state index in [0.717, 1.165) is 36.1 Å². The highest BCUT2D eigenvalue weighted by Crippen LogP contribution is 2.25. The summed E-state index contributed by atoms with van der Waals surface area (Å²) in [5, 5.41) is 10.4. The number of carbonyl (C=O) groups is 2. The van der Waals surface area contributed by atoms with Gasteiger partial charge in [0.25, 0.3) is 0 Å². The summed E-state index contributed by atoms with van der Waals surface area (Å²) in [5.74, 6) is 1.07. The van der Waals surface area contributed by atoms with Crippen molar-refractivity contribution < 1.29 is 14.3 Å². The van der Waals surface area contributed by atoms with Gasteiger partial charge in [-0.05, 0) is 95.2 Å². The minimum Gasteiger partial charge on any atom is -0.444 e. The first-order valence-corrected chi connectivity index (χ1v) is 13.4. The molecule has 8 nitrogen and oxygen atoms in total. The molecule has 0 atom stereocenters. The van der Waals surface area contributed by atoms with Gasteiger partial charge in [0.15, 0.2) is 0 Å². The van der Waals surface area contributed by atoms with Crippen LogP contribution in [0.25, 0.3) is 11.3 Å². The number of anilines is 2. The number of allylic oxidation sites excluding steroid dienone is 1. The number of hydrogen-bond donors (Lipinski definition) is 2. The van der Waals surface area contributed by atoms with Crippen LogP contribution in [-0.4, -0.2) is 45.5 Å². The lowest BCUT2D eigenvalue weighted by atomic mass is 9.90. The van der Waals surface area contributed by atoms with Crippen LogP contribution in [0.4, 0.5) is 21.1 Å². The second-order valence-electron chi connectivity index (χ2n) is 11.3. The van der Waals surface area contributed by atoms with Crippen LogP contribution in [0.3, 0.4) is 0 Å². The van der Waals surface area contributed by atoms with Gasteiger partial charge < -0.3 is 15.0 Å². The van der Waals surface area contributed by atoms with Crippen LogP contribution < -0.4 is 10.6 Å². The highest BCUT2D eigenvalue weighted by atomic mass is 16.6. The molecule has 1 aliphatic rings. The molecule has 3 aromatic rings. The smallest absolute Gasteiger partial charge is 0.410 e. The van der Waals surface area contributed by atoms with Gasteiger partial charge in [0, 0.05) is 24.8 Å². The highest BCUT2D eigenvalue weighted by molar-refractivity contribution is 5.99. The molecule has 2 N–H and O–H groups in total. The molecule has 0 bridgehead atoms. The zero-order valence-electron chi connectivity index (χ0n) is 23.6. The first-order valence-electron chi connectivity index (χ1n) is 13.4. The van der Waals surface area contributed by atoms with Crippen molar-refractivity contribution in [1.82, 2.24) is 14.7 Å². The maximum atomic E-state index is 12.8. The fraction of sp³-hybridized carbons (Fsp3) is 0.387. The maximum Gasteiger partial charge on any atom is 0.410 e. The highest BCUT2D eigenvalue weighted by Gasteiger charge is 2.27. The third-order valence-electron chi connectivity index (χ3n) is 6.67. The van der Waals surface area contributed by atoms with Crippen LogP contribution in [0, 0.1) is 12.8 Å². The van der Waals surface area contributed by atoms with Crippen LogP contribution in [0.5, 0.6) is 0 Å². The molecule has 0 spiro atoms. The normalized spacial score (nSPS) is 14.1. The van der Waals surface area contributed by atoms with Gasteiger partial charge in [-0.25, -0.2) is 14.3 Å². The van der Waals surface area contributed by atoms with Crippen molar-refractivity contribution in [2.24, 2.45) is 5.92 Å². The Balaban J connectivity index is 1.32. The first kappa shape index (κ1) is 28.0. The monoisotopic (exact) mass is 529 g/mol. The predicted molar refractivity (Wildman–Crippen MR) is 156 cm³/mol.